The van der Waals surface area contributed by atoms with E-state index in [0.29, 0.717) is 35.5 Å². The Labute approximate surface area is 832 Å². The van der Waals surface area contributed by atoms with Crippen LogP contribution in [0.5, 0.6) is 0 Å². The zero-order valence-electron chi connectivity index (χ0n) is 83.4. The molecule has 0 aromatic carbocycles. The SMILES string of the molecule is CCCCCCCSC[C@H]1CN(CC2=CCc3c(N)ccnc32)CC1O.CCCCCC[C@H]1CN(CC2=CCc3c(N)ccnc32)CC1O.CCCCCSC[C@H]1CN(CC2=CCc3c(N)ccnc32)CC1O.CCCCC[C@H]1CN(CC2=CCc3c(N)ccnc32)CC1O.CCCC[C@H]1CN(CC2=CCc3c(N)ccnc32)CC1O.CCSC[C@H]1CN(CC2=CCc3c(N)ccnc32)CC1O. The van der Waals surface area contributed by atoms with E-state index in [1.54, 1.807) is 37.2 Å². The molecule has 24 nitrogen and oxygen atoms in total. The fourth-order valence-electron chi connectivity index (χ4n) is 21.9. The lowest BCUT2D eigenvalue weighted by Gasteiger charge is -2.17. The first-order chi connectivity index (χ1) is 66.6. The average molecular weight is 1930 g/mol. The van der Waals surface area contributed by atoms with Gasteiger partial charge in [0, 0.05) is 240 Å². The fraction of sp³-hybridized carbons (Fsp3) is 0.618. The van der Waals surface area contributed by atoms with Crippen LogP contribution in [0.2, 0.25) is 0 Å². The molecular weight excluding hydrogens is 1770 g/mol. The minimum atomic E-state index is -0.196. The number of likely N-dealkylation sites (tertiary alicyclic amines) is 6. The van der Waals surface area contributed by atoms with Gasteiger partial charge in [-0.2, -0.15) is 35.3 Å². The number of nitrogens with zero attached hydrogens (tertiary/aromatic N) is 12. The largest absolute Gasteiger partial charge is 0.398 e. The number of nitrogen functional groups attached to an aromatic ring is 6. The zero-order chi connectivity index (χ0) is 96.7. The van der Waals surface area contributed by atoms with Crippen LogP contribution in [-0.4, -0.2) is 279 Å². The van der Waals surface area contributed by atoms with Crippen molar-refractivity contribution in [2.24, 2.45) is 35.5 Å². The molecule has 137 heavy (non-hydrogen) atoms. The third-order valence-corrected chi connectivity index (χ3v) is 33.5. The molecule has 0 bridgehead atoms. The number of unbranched alkanes of at least 4 members (excludes halogenated alkanes) is 12. The van der Waals surface area contributed by atoms with Crippen LogP contribution in [0.4, 0.5) is 34.1 Å². The number of aromatic nitrogens is 6. The lowest BCUT2D eigenvalue weighted by atomic mass is 9.98. The highest BCUT2D eigenvalue weighted by atomic mass is 32.2. The van der Waals surface area contributed by atoms with Gasteiger partial charge in [0.2, 0.25) is 0 Å². The van der Waals surface area contributed by atoms with Crippen molar-refractivity contribution in [3.63, 3.8) is 0 Å². The van der Waals surface area contributed by atoms with E-state index in [1.165, 1.54) is 160 Å². The molecule has 27 heteroatoms. The van der Waals surface area contributed by atoms with Gasteiger partial charge in [-0.25, -0.2) is 0 Å². The number of allylic oxidation sites excluding steroid dienone is 6. The Morgan fingerprint density at radius 1 is 0.255 bits per heavy atom. The van der Waals surface area contributed by atoms with Gasteiger partial charge in [-0.1, -0.05) is 174 Å². The van der Waals surface area contributed by atoms with Crippen LogP contribution in [0.25, 0.3) is 33.4 Å². The van der Waals surface area contributed by atoms with Gasteiger partial charge in [0.05, 0.1) is 70.8 Å². The number of aliphatic hydroxyl groups excluding tert-OH is 6. The summed E-state index contributed by atoms with van der Waals surface area (Å²) in [6.07, 6.45) is 53.7. The Bertz CT molecular complexity index is 4900. The van der Waals surface area contributed by atoms with E-state index in [2.05, 4.69) is 137 Å². The van der Waals surface area contributed by atoms with E-state index >= 15 is 0 Å². The summed E-state index contributed by atoms with van der Waals surface area (Å²) in [6, 6.07) is 11.2. The first-order valence-corrected chi connectivity index (χ1v) is 55.8. The molecule has 6 aromatic heterocycles. The van der Waals surface area contributed by atoms with E-state index in [9.17, 15) is 30.6 Å². The van der Waals surface area contributed by atoms with E-state index in [1.807, 2.05) is 71.7 Å². The highest BCUT2D eigenvalue weighted by molar-refractivity contribution is 7.99. The van der Waals surface area contributed by atoms with Crippen molar-refractivity contribution >= 4 is 103 Å². The molecule has 6 fully saturated rings. The second kappa shape index (κ2) is 54.8. The van der Waals surface area contributed by atoms with Crippen molar-refractivity contribution in [1.29, 1.82) is 0 Å². The van der Waals surface area contributed by atoms with Crippen molar-refractivity contribution < 1.29 is 30.6 Å². The normalized spacial score (nSPS) is 24.1. The molecule has 0 amide bonds. The van der Waals surface area contributed by atoms with E-state index in [-0.39, 0.29) is 36.6 Å². The summed E-state index contributed by atoms with van der Waals surface area (Å²) in [5.74, 6) is 9.24. The molecule has 6 aromatic rings. The number of nitrogens with two attached hydrogens (primary N) is 6. The predicted molar refractivity (Wildman–Crippen MR) is 576 cm³/mol. The summed E-state index contributed by atoms with van der Waals surface area (Å²) < 4.78 is 0. The number of β-amino-alcohol motifs (C(OH)–C–C–N with tert-alkyl or cyclic N) is 6. The molecule has 18 rings (SSSR count). The van der Waals surface area contributed by atoms with Gasteiger partial charge in [-0.15, -0.1) is 0 Å². The fourth-order valence-corrected chi connectivity index (χ4v) is 25.2. The number of rotatable bonds is 41. The molecule has 12 aliphatic rings. The van der Waals surface area contributed by atoms with Gasteiger partial charge < -0.3 is 65.0 Å². The summed E-state index contributed by atoms with van der Waals surface area (Å²) in [7, 11) is 0. The molecule has 6 aliphatic heterocycles. The van der Waals surface area contributed by atoms with Crippen molar-refractivity contribution in [2.75, 3.05) is 187 Å². The van der Waals surface area contributed by atoms with Crippen LogP contribution < -0.4 is 34.4 Å². The van der Waals surface area contributed by atoms with Crippen molar-refractivity contribution in [2.45, 2.75) is 245 Å². The Morgan fingerprint density at radius 3 is 0.723 bits per heavy atom. The lowest BCUT2D eigenvalue weighted by Crippen LogP contribution is -2.24. The Morgan fingerprint density at radius 2 is 0.460 bits per heavy atom. The minimum Gasteiger partial charge on any atom is -0.398 e. The van der Waals surface area contributed by atoms with Gasteiger partial charge in [0.25, 0.3) is 0 Å². The summed E-state index contributed by atoms with van der Waals surface area (Å²) >= 11 is 5.93. The highest BCUT2D eigenvalue weighted by Gasteiger charge is 2.40. The summed E-state index contributed by atoms with van der Waals surface area (Å²) in [5, 5.41) is 61.8. The van der Waals surface area contributed by atoms with Crippen LogP contribution >= 0.6 is 35.3 Å². The molecule has 0 spiro atoms. The third-order valence-electron chi connectivity index (χ3n) is 30.0. The molecule has 0 saturated carbocycles. The summed E-state index contributed by atoms with van der Waals surface area (Å²) in [6.45, 7) is 29.2. The maximum atomic E-state index is 10.4. The number of anilines is 6. The zero-order valence-corrected chi connectivity index (χ0v) is 85.9. The number of fused-ring (bicyclic) bond motifs is 6. The molecule has 6 unspecified atom stereocenters. The first-order valence-electron chi connectivity index (χ1n) is 52.3. The van der Waals surface area contributed by atoms with E-state index < -0.39 is 0 Å². The predicted octanol–water partition coefficient (Wildman–Crippen LogP) is 15.5. The number of hydrogen-bond acceptors (Lipinski definition) is 27. The van der Waals surface area contributed by atoms with Gasteiger partial charge in [-0.05, 0) is 193 Å². The first kappa shape index (κ1) is 107. The Balaban J connectivity index is 0.000000139. The van der Waals surface area contributed by atoms with Crippen molar-refractivity contribution in [3.8, 4) is 0 Å². The molecule has 6 saturated heterocycles. The van der Waals surface area contributed by atoms with Gasteiger partial charge in [-0.3, -0.25) is 59.3 Å². The number of pyridine rings is 6. The van der Waals surface area contributed by atoms with Crippen molar-refractivity contribution in [1.82, 2.24) is 59.3 Å². The highest BCUT2D eigenvalue weighted by Crippen LogP contribution is 2.40. The van der Waals surface area contributed by atoms with Gasteiger partial charge in [0.15, 0.2) is 0 Å². The van der Waals surface area contributed by atoms with Crippen molar-refractivity contribution in [3.05, 3.63) is 178 Å². The molecule has 750 valence electrons. The summed E-state index contributed by atoms with van der Waals surface area (Å²) in [4.78, 5) is 41.2. The molecular formula is C110H166N18O6S3. The maximum absolute atomic E-state index is 10.4. The topological polar surface area (TPSA) is 374 Å². The minimum absolute atomic E-state index is 0.174. The second-order valence-electron chi connectivity index (χ2n) is 40.5. The van der Waals surface area contributed by atoms with E-state index in [4.69, 9.17) is 34.4 Å². The van der Waals surface area contributed by atoms with Gasteiger partial charge >= 0.3 is 0 Å². The van der Waals surface area contributed by atoms with Crippen LogP contribution in [0, 0.1) is 35.5 Å². The van der Waals surface area contributed by atoms with Crippen LogP contribution in [0.1, 0.15) is 238 Å². The Kier molecular flexibility index (Phi) is 42.8. The molecule has 12 heterocycles. The Hall–Kier alpha value is -7.29. The molecule has 18 N–H and O–H groups in total. The van der Waals surface area contributed by atoms with Crippen LogP contribution in [0.15, 0.2) is 110 Å². The monoisotopic (exact) mass is 1930 g/mol. The molecule has 0 radical (unpaired) electrons. The third kappa shape index (κ3) is 30.2. The average Bonchev–Trinajstić information content (AvgIpc) is 1.69. The van der Waals surface area contributed by atoms with E-state index in [0.717, 1.165) is 295 Å². The molecule has 12 atom stereocenters. The standard InChI is InChI=1S/C21H33N3OS.C19H29N3OS.C19H29N3O.C18H27N3O.C17H25N3O.C16H23N3OS/c1-2-3-4-5-6-11-26-15-17-13-24(14-20(17)25)12-16-7-8-18-19(22)9-10-23-21(16)18;1-2-3-4-9-24-13-15-11-22(12-18(15)23)10-14-5-6-16-17(20)7-8-21-19(14)16;1-2-3-4-5-6-14-11-22(13-18(14)23)12-15-7-8-16-17(20)9-10-21-19(15)16;1-2-3-4-5-13-10-21(12-17(13)22)11-14-6-7-15-16(19)8-9-20-18(14)15;1-2-3-4-12-9-20(11-16(12)21)10-13-5-6-14-15(18)7-8-19-17(13)14;1-2-21-10-12-8-19(9-15(12)20)7-11-3-4-13-14(17)5-6-18-16(11)13/h7,9-10,17,20,25H,2-6,8,11-15H2,1H3,(H2,22,23);5,7-8,15,18,23H,2-4,6,9-13H2,1H3,(H2,20,21);7,9-10,14,18,23H,2-6,8,11-13H2,1H3,(H2,20,21);6,8-9,13,17,22H,2-5,7,10-12H2,1H3,(H2,19,20);5,7-8,12,16,21H,2-4,6,9-11H2,1H3,(H2,18,19);3,5-6,12,15,20H,2,4,7-10H2,1H3,(H2,17,18)/t17-,20?;15-,18?;14-,18?;13-,17?;12-,16?;12-,15?/m110001/s1. The maximum Gasteiger partial charge on any atom is 0.0727 e. The quantitative estimate of drug-likeness (QED) is 0.0159. The van der Waals surface area contributed by atoms with Crippen LogP contribution in [0.3, 0.4) is 0 Å². The van der Waals surface area contributed by atoms with Gasteiger partial charge in [0.1, 0.15) is 0 Å². The van der Waals surface area contributed by atoms with Crippen LogP contribution in [-0.2, 0) is 38.5 Å². The second-order valence-corrected chi connectivity index (χ2v) is 44.1. The number of thioether (sulfide) groups is 3. The summed E-state index contributed by atoms with van der Waals surface area (Å²) in [5.41, 5.74) is 62.2. The smallest absolute Gasteiger partial charge is 0.0727 e. The molecule has 6 aliphatic carbocycles. The number of hydrogen-bond donors (Lipinski definition) is 12. The number of aliphatic hydroxyl groups is 6. The lowest BCUT2D eigenvalue weighted by molar-refractivity contribution is 0.137.